The first-order chi connectivity index (χ1) is 23.3. The van der Waals surface area contributed by atoms with Gasteiger partial charge in [-0.3, -0.25) is 14.4 Å². The molecule has 0 amide bonds. The van der Waals surface area contributed by atoms with E-state index >= 15 is 0 Å². The van der Waals surface area contributed by atoms with E-state index in [1.165, 1.54) is 0 Å². The highest BCUT2D eigenvalue weighted by atomic mass is 15.1. The van der Waals surface area contributed by atoms with Crippen molar-refractivity contribution in [2.75, 3.05) is 0 Å². The van der Waals surface area contributed by atoms with Crippen LogP contribution >= 0.6 is 0 Å². The third-order valence-corrected chi connectivity index (χ3v) is 8.53. The van der Waals surface area contributed by atoms with Crippen LogP contribution in [0.3, 0.4) is 0 Å². The van der Waals surface area contributed by atoms with Gasteiger partial charge in [-0.25, -0.2) is 15.0 Å². The summed E-state index contributed by atoms with van der Waals surface area (Å²) in [6.45, 7) is 0. The van der Waals surface area contributed by atoms with E-state index in [0.717, 1.165) is 83.9 Å². The van der Waals surface area contributed by atoms with Gasteiger partial charge in [0.1, 0.15) is 11.2 Å². The van der Waals surface area contributed by atoms with E-state index in [2.05, 4.69) is 99.3 Å². The zero-order chi connectivity index (χ0) is 31.2. The molecule has 9 rings (SSSR count). The Balaban J connectivity index is 1.12. The Hall–Kier alpha value is -6.53. The third kappa shape index (κ3) is 4.80. The third-order valence-electron chi connectivity index (χ3n) is 8.53. The smallest absolute Gasteiger partial charge is 0.165 e. The van der Waals surface area contributed by atoms with E-state index in [4.69, 9.17) is 15.0 Å². The molecule has 0 saturated heterocycles. The molecule has 0 saturated carbocycles. The Kier molecular flexibility index (Phi) is 6.35. The lowest BCUT2D eigenvalue weighted by Gasteiger charge is -2.11. The van der Waals surface area contributed by atoms with Crippen molar-refractivity contribution in [3.63, 3.8) is 0 Å². The van der Waals surface area contributed by atoms with Crippen LogP contribution in [0.2, 0.25) is 0 Å². The summed E-state index contributed by atoms with van der Waals surface area (Å²) in [6, 6.07) is 47.7. The number of benzene rings is 3. The van der Waals surface area contributed by atoms with Crippen LogP contribution < -0.4 is 0 Å². The number of nitrogens with zero attached hydrogens (tertiary/aromatic N) is 6. The minimum atomic E-state index is 0.807. The standard InChI is InChI=1S/C41H26N6/c1-2-13-33-32(12-1)39(46-41-40(33)45-38-16-5-8-23-47(38)41)28-19-17-27(18-20-28)29-10-9-11-30(24-29)31-25-36(34-14-3-6-21-42-34)44-37(26-31)35-15-4-7-22-43-35/h1-26H. The topological polar surface area (TPSA) is 68.9 Å². The maximum atomic E-state index is 5.17. The van der Waals surface area contributed by atoms with Crippen molar-refractivity contribution in [1.82, 2.24) is 29.3 Å². The van der Waals surface area contributed by atoms with Crippen molar-refractivity contribution in [1.29, 1.82) is 0 Å². The van der Waals surface area contributed by atoms with Crippen LogP contribution in [0.4, 0.5) is 0 Å². The SMILES string of the molecule is c1ccc(-c2cc(-c3cccc(-c4ccc(-c5nc6c(nc7ccccn76)c6ccccc56)cc4)c3)cc(-c3ccccn3)n2)nc1. The second-order valence-electron chi connectivity index (χ2n) is 11.4. The Morgan fingerprint density at radius 2 is 1.04 bits per heavy atom. The van der Waals surface area contributed by atoms with E-state index in [-0.39, 0.29) is 0 Å². The van der Waals surface area contributed by atoms with Gasteiger partial charge in [-0.1, -0.05) is 84.9 Å². The van der Waals surface area contributed by atoms with E-state index in [1.54, 1.807) is 12.4 Å². The Bertz CT molecular complexity index is 2500. The fourth-order valence-corrected chi connectivity index (χ4v) is 6.24. The predicted molar refractivity (Wildman–Crippen MR) is 189 cm³/mol. The first-order valence-corrected chi connectivity index (χ1v) is 15.5. The largest absolute Gasteiger partial charge is 0.284 e. The lowest BCUT2D eigenvalue weighted by atomic mass is 9.96. The molecule has 0 unspecified atom stereocenters. The molecular formula is C41H26N6. The number of aromatic nitrogens is 6. The molecule has 3 aromatic carbocycles. The number of rotatable bonds is 5. The fourth-order valence-electron chi connectivity index (χ4n) is 6.24. The van der Waals surface area contributed by atoms with E-state index in [9.17, 15) is 0 Å². The highest BCUT2D eigenvalue weighted by Gasteiger charge is 2.15. The highest BCUT2D eigenvalue weighted by Crippen LogP contribution is 2.35. The van der Waals surface area contributed by atoms with Crippen LogP contribution in [0.1, 0.15) is 0 Å². The Labute approximate surface area is 270 Å². The Morgan fingerprint density at radius 3 is 1.74 bits per heavy atom. The van der Waals surface area contributed by atoms with Crippen molar-refractivity contribution in [3.8, 4) is 56.3 Å². The average Bonchev–Trinajstić information content (AvgIpc) is 3.54. The predicted octanol–water partition coefficient (Wildman–Crippen LogP) is 9.56. The molecule has 0 aliphatic rings. The molecule has 6 aromatic heterocycles. The molecular weight excluding hydrogens is 576 g/mol. The second kappa shape index (κ2) is 11.1. The van der Waals surface area contributed by atoms with Crippen LogP contribution in [0, 0.1) is 0 Å². The molecule has 47 heavy (non-hydrogen) atoms. The van der Waals surface area contributed by atoms with Crippen molar-refractivity contribution in [2.24, 2.45) is 0 Å². The first kappa shape index (κ1) is 26.8. The quantitative estimate of drug-likeness (QED) is 0.196. The number of hydrogen-bond acceptors (Lipinski definition) is 5. The molecule has 220 valence electrons. The number of pyridine rings is 5. The summed E-state index contributed by atoms with van der Waals surface area (Å²) in [6.07, 6.45) is 5.61. The average molecular weight is 603 g/mol. The van der Waals surface area contributed by atoms with Crippen molar-refractivity contribution >= 4 is 27.6 Å². The van der Waals surface area contributed by atoms with Crippen molar-refractivity contribution in [3.05, 3.63) is 158 Å². The second-order valence-corrected chi connectivity index (χ2v) is 11.4. The summed E-state index contributed by atoms with van der Waals surface area (Å²) < 4.78 is 2.06. The summed E-state index contributed by atoms with van der Waals surface area (Å²) in [5.74, 6) is 0. The van der Waals surface area contributed by atoms with Gasteiger partial charge in [0.25, 0.3) is 0 Å². The Morgan fingerprint density at radius 1 is 0.404 bits per heavy atom. The lowest BCUT2D eigenvalue weighted by molar-refractivity contribution is 1.19. The monoisotopic (exact) mass is 602 g/mol. The van der Waals surface area contributed by atoms with Gasteiger partial charge in [0.05, 0.1) is 28.5 Å². The van der Waals surface area contributed by atoms with Gasteiger partial charge >= 0.3 is 0 Å². The summed E-state index contributed by atoms with van der Waals surface area (Å²) in [5.41, 5.74) is 12.3. The van der Waals surface area contributed by atoms with Crippen LogP contribution in [0.5, 0.6) is 0 Å². The lowest BCUT2D eigenvalue weighted by Crippen LogP contribution is -1.94. The van der Waals surface area contributed by atoms with Gasteiger partial charge in [0, 0.05) is 34.9 Å². The number of fused-ring (bicyclic) bond motifs is 5. The maximum Gasteiger partial charge on any atom is 0.165 e. The van der Waals surface area contributed by atoms with Gasteiger partial charge in [-0.2, -0.15) is 0 Å². The van der Waals surface area contributed by atoms with Crippen LogP contribution in [0.25, 0.3) is 83.9 Å². The molecule has 9 aromatic rings. The molecule has 6 nitrogen and oxygen atoms in total. The molecule has 0 radical (unpaired) electrons. The number of imidazole rings is 1. The summed E-state index contributed by atoms with van der Waals surface area (Å²) in [7, 11) is 0. The molecule has 0 aliphatic carbocycles. The van der Waals surface area contributed by atoms with Gasteiger partial charge in [0.15, 0.2) is 5.65 Å². The zero-order valence-electron chi connectivity index (χ0n) is 25.2. The fraction of sp³-hybridized carbons (Fsp3) is 0. The molecule has 0 spiro atoms. The molecule has 6 heteroatoms. The molecule has 0 aliphatic heterocycles. The van der Waals surface area contributed by atoms with Gasteiger partial charge in [-0.05, 0) is 76.9 Å². The van der Waals surface area contributed by atoms with E-state index in [1.807, 2.05) is 60.8 Å². The summed E-state index contributed by atoms with van der Waals surface area (Å²) in [5, 5.41) is 2.18. The molecule has 0 N–H and O–H groups in total. The molecule has 6 heterocycles. The van der Waals surface area contributed by atoms with E-state index in [0.29, 0.717) is 0 Å². The minimum Gasteiger partial charge on any atom is -0.284 e. The van der Waals surface area contributed by atoms with Crippen molar-refractivity contribution < 1.29 is 0 Å². The number of hydrogen-bond donors (Lipinski definition) is 0. The summed E-state index contributed by atoms with van der Waals surface area (Å²) in [4.78, 5) is 24.1. The van der Waals surface area contributed by atoms with Crippen LogP contribution in [-0.2, 0) is 0 Å². The molecule has 0 atom stereocenters. The summed E-state index contributed by atoms with van der Waals surface area (Å²) >= 11 is 0. The molecule has 0 bridgehead atoms. The normalized spacial score (nSPS) is 11.4. The first-order valence-electron chi connectivity index (χ1n) is 15.5. The molecule has 0 fully saturated rings. The van der Waals surface area contributed by atoms with Crippen molar-refractivity contribution in [2.45, 2.75) is 0 Å². The van der Waals surface area contributed by atoms with Crippen LogP contribution in [-0.4, -0.2) is 29.3 Å². The van der Waals surface area contributed by atoms with E-state index < -0.39 is 0 Å². The maximum absolute atomic E-state index is 5.17. The van der Waals surface area contributed by atoms with Gasteiger partial charge in [0.2, 0.25) is 0 Å². The zero-order valence-corrected chi connectivity index (χ0v) is 25.2. The van der Waals surface area contributed by atoms with Crippen LogP contribution in [0.15, 0.2) is 158 Å². The highest BCUT2D eigenvalue weighted by molar-refractivity contribution is 6.09. The minimum absolute atomic E-state index is 0.807. The van der Waals surface area contributed by atoms with Gasteiger partial charge in [-0.15, -0.1) is 0 Å². The van der Waals surface area contributed by atoms with Gasteiger partial charge < -0.3 is 0 Å².